The monoisotopic (exact) mass is 326 g/mol. The maximum atomic E-state index is 11.9. The van der Waals surface area contributed by atoms with E-state index in [9.17, 15) is 14.4 Å². The highest BCUT2D eigenvalue weighted by atomic mass is 35.5. The molecule has 0 radical (unpaired) electrons. The average molecular weight is 327 g/mol. The van der Waals surface area contributed by atoms with Gasteiger partial charge in [0.15, 0.2) is 0 Å². The first-order valence-corrected chi connectivity index (χ1v) is 7.90. The van der Waals surface area contributed by atoms with Crippen LogP contribution >= 0.6 is 23.4 Å². The maximum absolute atomic E-state index is 11.9. The van der Waals surface area contributed by atoms with E-state index in [1.165, 1.54) is 4.90 Å². The number of hydrogen-bond acceptors (Lipinski definition) is 4. The topological polar surface area (TPSA) is 66.5 Å². The summed E-state index contributed by atoms with van der Waals surface area (Å²) in [7, 11) is 0. The van der Waals surface area contributed by atoms with Crippen molar-refractivity contribution in [3.63, 3.8) is 0 Å². The molecule has 3 amide bonds. The van der Waals surface area contributed by atoms with Gasteiger partial charge in [-0.3, -0.25) is 19.7 Å². The second-order valence-electron chi connectivity index (χ2n) is 4.63. The maximum Gasteiger partial charge on any atom is 0.246 e. The number of nitrogens with one attached hydrogen (secondary N) is 1. The van der Waals surface area contributed by atoms with Crippen LogP contribution in [-0.4, -0.2) is 41.5 Å². The van der Waals surface area contributed by atoms with Gasteiger partial charge in [0.1, 0.15) is 13.1 Å². The summed E-state index contributed by atoms with van der Waals surface area (Å²) in [6.07, 6.45) is 1.03. The lowest BCUT2D eigenvalue weighted by atomic mass is 10.2. The van der Waals surface area contributed by atoms with Gasteiger partial charge >= 0.3 is 0 Å². The highest BCUT2D eigenvalue weighted by Gasteiger charge is 2.25. The number of nitrogens with zero attached hydrogens (tertiary/aromatic N) is 1. The minimum atomic E-state index is -0.421. The zero-order chi connectivity index (χ0) is 15.2. The molecule has 0 aromatic heterocycles. The lowest BCUT2D eigenvalue weighted by Crippen LogP contribution is -2.53. The first-order chi connectivity index (χ1) is 10.0. The van der Waals surface area contributed by atoms with E-state index < -0.39 is 11.8 Å². The zero-order valence-electron chi connectivity index (χ0n) is 11.3. The fourth-order valence-corrected chi connectivity index (χ4v) is 2.89. The Morgan fingerprint density at radius 1 is 1.19 bits per heavy atom. The van der Waals surface area contributed by atoms with Crippen LogP contribution in [0, 0.1) is 0 Å². The predicted molar refractivity (Wildman–Crippen MR) is 81.1 cm³/mol. The van der Waals surface area contributed by atoms with E-state index in [4.69, 9.17) is 11.6 Å². The van der Waals surface area contributed by atoms with Crippen LogP contribution in [0.25, 0.3) is 0 Å². The Morgan fingerprint density at radius 2 is 1.81 bits per heavy atom. The van der Waals surface area contributed by atoms with Crippen LogP contribution in [0.3, 0.4) is 0 Å². The number of halogens is 1. The van der Waals surface area contributed by atoms with Crippen molar-refractivity contribution in [2.45, 2.75) is 17.7 Å². The first-order valence-electron chi connectivity index (χ1n) is 6.53. The molecule has 1 heterocycles. The molecule has 5 nitrogen and oxygen atoms in total. The summed E-state index contributed by atoms with van der Waals surface area (Å²) >= 11 is 7.45. The number of amides is 3. The van der Waals surface area contributed by atoms with Crippen LogP contribution in [0.4, 0.5) is 0 Å². The summed E-state index contributed by atoms with van der Waals surface area (Å²) < 4.78 is 0. The summed E-state index contributed by atoms with van der Waals surface area (Å²) in [6.45, 7) is -0.0657. The average Bonchev–Trinajstić information content (AvgIpc) is 2.44. The molecule has 1 saturated heterocycles. The molecule has 0 aliphatic carbocycles. The van der Waals surface area contributed by atoms with Gasteiger partial charge in [-0.2, -0.15) is 0 Å². The molecule has 1 N–H and O–H groups in total. The van der Waals surface area contributed by atoms with Crippen LogP contribution in [0.2, 0.25) is 5.02 Å². The summed E-state index contributed by atoms with van der Waals surface area (Å²) in [5, 5.41) is 2.87. The fraction of sp³-hybridized carbons (Fsp3) is 0.357. The Labute approximate surface area is 132 Å². The number of rotatable bonds is 5. The summed E-state index contributed by atoms with van der Waals surface area (Å²) in [4.78, 5) is 36.7. The van der Waals surface area contributed by atoms with Crippen molar-refractivity contribution in [1.82, 2.24) is 10.2 Å². The first kappa shape index (κ1) is 15.9. The highest BCUT2D eigenvalue weighted by molar-refractivity contribution is 7.99. The van der Waals surface area contributed by atoms with Crippen molar-refractivity contribution in [1.29, 1.82) is 0 Å². The third-order valence-electron chi connectivity index (χ3n) is 2.92. The van der Waals surface area contributed by atoms with Gasteiger partial charge in [0.2, 0.25) is 17.7 Å². The lowest BCUT2D eigenvalue weighted by molar-refractivity contribution is -0.145. The van der Waals surface area contributed by atoms with E-state index in [-0.39, 0.29) is 19.0 Å². The van der Waals surface area contributed by atoms with Crippen molar-refractivity contribution in [2.75, 3.05) is 18.8 Å². The molecular weight excluding hydrogens is 312 g/mol. The lowest BCUT2D eigenvalue weighted by Gasteiger charge is -2.25. The van der Waals surface area contributed by atoms with E-state index in [0.717, 1.165) is 10.6 Å². The molecule has 0 saturated carbocycles. The Kier molecular flexibility index (Phi) is 5.64. The summed E-state index contributed by atoms with van der Waals surface area (Å²) in [6, 6.07) is 7.52. The van der Waals surface area contributed by atoms with Crippen LogP contribution in [0.1, 0.15) is 12.8 Å². The number of imide groups is 1. The number of hydrogen-bond donors (Lipinski definition) is 1. The molecule has 1 aliphatic rings. The van der Waals surface area contributed by atoms with Gasteiger partial charge in [0.25, 0.3) is 0 Å². The Balaban J connectivity index is 1.70. The van der Waals surface area contributed by atoms with Gasteiger partial charge in [-0.15, -0.1) is 11.8 Å². The van der Waals surface area contributed by atoms with Gasteiger partial charge in [0, 0.05) is 16.3 Å². The third kappa shape index (κ3) is 5.06. The molecule has 21 heavy (non-hydrogen) atoms. The van der Waals surface area contributed by atoms with Crippen LogP contribution in [0.5, 0.6) is 0 Å². The molecule has 0 bridgehead atoms. The number of thioether (sulfide) groups is 1. The van der Waals surface area contributed by atoms with Crippen molar-refractivity contribution < 1.29 is 14.4 Å². The Bertz CT molecular complexity index is 532. The quantitative estimate of drug-likeness (QED) is 0.508. The molecular formula is C14H15ClN2O3S. The van der Waals surface area contributed by atoms with E-state index in [2.05, 4.69) is 5.32 Å². The van der Waals surface area contributed by atoms with Gasteiger partial charge in [-0.05, 0) is 36.4 Å². The Hall–Kier alpha value is -1.53. The molecule has 1 aromatic carbocycles. The number of carbonyl (C=O) groups is 3. The summed E-state index contributed by atoms with van der Waals surface area (Å²) in [5.74, 6) is -0.207. The summed E-state index contributed by atoms with van der Waals surface area (Å²) in [5.41, 5.74) is 0. The van der Waals surface area contributed by atoms with E-state index in [0.29, 0.717) is 17.9 Å². The van der Waals surface area contributed by atoms with Crippen molar-refractivity contribution in [2.24, 2.45) is 0 Å². The van der Waals surface area contributed by atoms with E-state index in [1.807, 2.05) is 24.3 Å². The molecule has 0 atom stereocenters. The van der Waals surface area contributed by atoms with E-state index in [1.54, 1.807) is 11.8 Å². The van der Waals surface area contributed by atoms with Crippen molar-refractivity contribution in [3.05, 3.63) is 29.3 Å². The largest absolute Gasteiger partial charge is 0.324 e. The number of carbonyl (C=O) groups excluding carboxylic acids is 3. The minimum absolute atomic E-state index is 0.0328. The SMILES string of the molecule is O=C1CN(C(=O)CCCSc2ccc(Cl)cc2)CC(=O)N1. The Morgan fingerprint density at radius 3 is 2.43 bits per heavy atom. The van der Waals surface area contributed by atoms with Gasteiger partial charge in [-0.1, -0.05) is 11.6 Å². The molecule has 0 spiro atoms. The molecule has 0 unspecified atom stereocenters. The standard InChI is InChI=1S/C14H15ClN2O3S/c15-10-3-5-11(6-4-10)21-7-1-2-14(20)17-8-12(18)16-13(19)9-17/h3-6H,1-2,7-9H2,(H,16,18,19). The van der Waals surface area contributed by atoms with Gasteiger partial charge in [-0.25, -0.2) is 0 Å². The second-order valence-corrected chi connectivity index (χ2v) is 6.23. The smallest absolute Gasteiger partial charge is 0.246 e. The normalized spacial score (nSPS) is 15.0. The third-order valence-corrected chi connectivity index (χ3v) is 4.27. The molecule has 7 heteroatoms. The predicted octanol–water partition coefficient (Wildman–Crippen LogP) is 1.70. The van der Waals surface area contributed by atoms with Crippen LogP contribution < -0.4 is 5.32 Å². The molecule has 1 aromatic rings. The number of piperazine rings is 1. The minimum Gasteiger partial charge on any atom is -0.324 e. The van der Waals surface area contributed by atoms with Crippen LogP contribution in [0.15, 0.2) is 29.2 Å². The van der Waals surface area contributed by atoms with Crippen molar-refractivity contribution in [3.8, 4) is 0 Å². The van der Waals surface area contributed by atoms with Crippen molar-refractivity contribution >= 4 is 41.1 Å². The molecule has 112 valence electrons. The van der Waals surface area contributed by atoms with Gasteiger partial charge < -0.3 is 4.90 Å². The van der Waals surface area contributed by atoms with Gasteiger partial charge in [0.05, 0.1) is 0 Å². The fourth-order valence-electron chi connectivity index (χ4n) is 1.92. The highest BCUT2D eigenvalue weighted by Crippen LogP contribution is 2.21. The second kappa shape index (κ2) is 7.47. The molecule has 1 aliphatic heterocycles. The van der Waals surface area contributed by atoms with E-state index >= 15 is 0 Å². The molecule has 2 rings (SSSR count). The molecule has 1 fully saturated rings. The van der Waals surface area contributed by atoms with Crippen LogP contribution in [-0.2, 0) is 14.4 Å². The number of benzene rings is 1. The zero-order valence-corrected chi connectivity index (χ0v) is 12.9.